The predicted molar refractivity (Wildman–Crippen MR) is 61.4 cm³/mol. The van der Waals surface area contributed by atoms with Gasteiger partial charge in [-0.05, 0) is 74.0 Å². The SMILES string of the molecule is CC(N)CC1CC23CCCC4(C1)CC24C3. The fraction of sp³-hybridized carbons (Fsp3) is 1.00. The second kappa shape index (κ2) is 2.30. The second-order valence-electron chi connectivity index (χ2n) is 7.34. The Morgan fingerprint density at radius 1 is 1.20 bits per heavy atom. The van der Waals surface area contributed by atoms with Gasteiger partial charge >= 0.3 is 0 Å². The maximum absolute atomic E-state index is 5.99. The maximum atomic E-state index is 5.99. The fourth-order valence-corrected chi connectivity index (χ4v) is 6.10. The van der Waals surface area contributed by atoms with Crippen LogP contribution in [-0.4, -0.2) is 6.04 Å². The molecule has 4 fully saturated rings. The van der Waals surface area contributed by atoms with Gasteiger partial charge in [0, 0.05) is 6.04 Å². The minimum Gasteiger partial charge on any atom is -0.328 e. The van der Waals surface area contributed by atoms with Crippen LogP contribution in [0.3, 0.4) is 0 Å². The molecule has 2 bridgehead atoms. The third-order valence-corrected chi connectivity index (χ3v) is 6.44. The first kappa shape index (κ1) is 9.04. The summed E-state index contributed by atoms with van der Waals surface area (Å²) in [5, 5.41) is 0. The predicted octanol–water partition coefficient (Wildman–Crippen LogP) is 3.08. The summed E-state index contributed by atoms with van der Waals surface area (Å²) < 4.78 is 0. The van der Waals surface area contributed by atoms with Crippen LogP contribution in [0.5, 0.6) is 0 Å². The van der Waals surface area contributed by atoms with Gasteiger partial charge in [-0.25, -0.2) is 0 Å². The molecule has 4 rings (SSSR count). The van der Waals surface area contributed by atoms with Crippen LogP contribution in [0.25, 0.3) is 0 Å². The summed E-state index contributed by atoms with van der Waals surface area (Å²) in [5.74, 6) is 0.975. The molecular formula is C14H23N. The van der Waals surface area contributed by atoms with E-state index in [0.29, 0.717) is 6.04 Å². The van der Waals surface area contributed by atoms with Crippen LogP contribution in [0.4, 0.5) is 0 Å². The molecule has 0 aromatic rings. The Bertz CT molecular complexity index is 295. The van der Waals surface area contributed by atoms with Crippen molar-refractivity contribution in [2.24, 2.45) is 27.9 Å². The van der Waals surface area contributed by atoms with Gasteiger partial charge in [0.25, 0.3) is 0 Å². The maximum Gasteiger partial charge on any atom is 0.00131 e. The number of hydrogen-bond acceptors (Lipinski definition) is 1. The summed E-state index contributed by atoms with van der Waals surface area (Å²) in [5.41, 5.74) is 8.60. The minimum absolute atomic E-state index is 0.425. The molecule has 0 radical (unpaired) electrons. The van der Waals surface area contributed by atoms with Gasteiger partial charge < -0.3 is 5.73 Å². The molecule has 4 aliphatic rings. The van der Waals surface area contributed by atoms with Crippen LogP contribution in [0, 0.1) is 22.2 Å². The van der Waals surface area contributed by atoms with Crippen molar-refractivity contribution in [2.45, 2.75) is 64.3 Å². The van der Waals surface area contributed by atoms with Crippen molar-refractivity contribution < 1.29 is 0 Å². The highest BCUT2D eigenvalue weighted by molar-refractivity contribution is 5.37. The minimum atomic E-state index is 0.425. The van der Waals surface area contributed by atoms with E-state index < -0.39 is 0 Å². The summed E-state index contributed by atoms with van der Waals surface area (Å²) in [6.07, 6.45) is 12.2. The number of nitrogens with two attached hydrogens (primary N) is 1. The third kappa shape index (κ3) is 0.868. The average molecular weight is 205 g/mol. The van der Waals surface area contributed by atoms with Gasteiger partial charge in [-0.3, -0.25) is 0 Å². The zero-order chi connectivity index (χ0) is 10.3. The highest BCUT2D eigenvalue weighted by Gasteiger charge is 2.88. The van der Waals surface area contributed by atoms with E-state index >= 15 is 0 Å². The molecule has 1 nitrogen and oxygen atoms in total. The van der Waals surface area contributed by atoms with E-state index in [0.717, 1.165) is 22.2 Å². The Hall–Kier alpha value is -0.0400. The van der Waals surface area contributed by atoms with Gasteiger partial charge in [0.2, 0.25) is 0 Å². The molecule has 4 saturated carbocycles. The van der Waals surface area contributed by atoms with E-state index in [-0.39, 0.29) is 0 Å². The Morgan fingerprint density at radius 2 is 1.80 bits per heavy atom. The van der Waals surface area contributed by atoms with E-state index in [9.17, 15) is 0 Å². The van der Waals surface area contributed by atoms with E-state index in [1.54, 1.807) is 25.7 Å². The molecule has 0 aromatic heterocycles. The highest BCUT2D eigenvalue weighted by Crippen LogP contribution is 2.96. The van der Waals surface area contributed by atoms with Gasteiger partial charge in [-0.2, -0.15) is 0 Å². The van der Waals surface area contributed by atoms with Crippen LogP contribution in [-0.2, 0) is 0 Å². The van der Waals surface area contributed by atoms with Gasteiger partial charge in [0.15, 0.2) is 0 Å². The van der Waals surface area contributed by atoms with Crippen LogP contribution in [0.2, 0.25) is 0 Å². The lowest BCUT2D eigenvalue weighted by atomic mass is 9.66. The summed E-state index contributed by atoms with van der Waals surface area (Å²) in [7, 11) is 0. The second-order valence-corrected chi connectivity index (χ2v) is 7.34. The fourth-order valence-electron chi connectivity index (χ4n) is 6.10. The molecule has 4 aliphatic carbocycles. The zero-order valence-corrected chi connectivity index (χ0v) is 9.89. The first-order valence-electron chi connectivity index (χ1n) is 6.87. The van der Waals surface area contributed by atoms with E-state index in [2.05, 4.69) is 6.92 Å². The van der Waals surface area contributed by atoms with Gasteiger partial charge in [-0.15, -0.1) is 0 Å². The molecule has 1 spiro atoms. The molecule has 1 heteroatoms. The highest BCUT2D eigenvalue weighted by atomic mass is 14.9. The van der Waals surface area contributed by atoms with Gasteiger partial charge in [0.05, 0.1) is 0 Å². The van der Waals surface area contributed by atoms with Crippen LogP contribution >= 0.6 is 0 Å². The van der Waals surface area contributed by atoms with Crippen molar-refractivity contribution in [3.8, 4) is 0 Å². The molecule has 0 aromatic carbocycles. The van der Waals surface area contributed by atoms with Crippen molar-refractivity contribution in [2.75, 3.05) is 0 Å². The molecule has 3 atom stereocenters. The molecule has 0 aliphatic heterocycles. The lowest BCUT2D eigenvalue weighted by Crippen LogP contribution is -2.31. The molecule has 3 unspecified atom stereocenters. The lowest BCUT2D eigenvalue weighted by molar-refractivity contribution is 0.117. The quantitative estimate of drug-likeness (QED) is 0.736. The monoisotopic (exact) mass is 205 g/mol. The summed E-state index contributed by atoms with van der Waals surface area (Å²) in [6, 6.07) is 0.425. The molecule has 0 heterocycles. The zero-order valence-electron chi connectivity index (χ0n) is 9.89. The Labute approximate surface area is 92.8 Å². The first-order valence-corrected chi connectivity index (χ1v) is 6.87. The first-order chi connectivity index (χ1) is 7.12. The number of rotatable bonds is 2. The normalized spacial score (nSPS) is 61.6. The Balaban J connectivity index is 1.61. The third-order valence-electron chi connectivity index (χ3n) is 6.44. The summed E-state index contributed by atoms with van der Waals surface area (Å²) in [4.78, 5) is 0. The van der Waals surface area contributed by atoms with Gasteiger partial charge in [-0.1, -0.05) is 6.42 Å². The molecule has 0 saturated heterocycles. The smallest absolute Gasteiger partial charge is 0.00131 e. The molecular weight excluding hydrogens is 182 g/mol. The van der Waals surface area contributed by atoms with Crippen molar-refractivity contribution in [3.05, 3.63) is 0 Å². The topological polar surface area (TPSA) is 26.0 Å². The Morgan fingerprint density at radius 3 is 2.33 bits per heavy atom. The molecule has 0 amide bonds. The average Bonchev–Trinajstić information content (AvgIpc) is 2.85. The molecule has 84 valence electrons. The largest absolute Gasteiger partial charge is 0.328 e. The van der Waals surface area contributed by atoms with Crippen molar-refractivity contribution in [3.63, 3.8) is 0 Å². The Kier molecular flexibility index (Phi) is 1.38. The molecule has 2 N–H and O–H groups in total. The molecule has 15 heavy (non-hydrogen) atoms. The van der Waals surface area contributed by atoms with Crippen LogP contribution < -0.4 is 5.73 Å². The van der Waals surface area contributed by atoms with Crippen molar-refractivity contribution in [1.82, 2.24) is 0 Å². The summed E-state index contributed by atoms with van der Waals surface area (Å²) >= 11 is 0. The lowest BCUT2D eigenvalue weighted by Gasteiger charge is -2.39. The van der Waals surface area contributed by atoms with Crippen LogP contribution in [0.1, 0.15) is 58.3 Å². The number of hydrogen-bond donors (Lipinski definition) is 1. The summed E-state index contributed by atoms with van der Waals surface area (Å²) in [6.45, 7) is 2.19. The standard InChI is InChI=1S/C14H23N/c1-10(15)5-11-6-12-3-2-4-13(7-11)9-14(12,13)8-12/h10-11H,2-9,15H2,1H3. The van der Waals surface area contributed by atoms with E-state index in [1.807, 2.05) is 0 Å². The van der Waals surface area contributed by atoms with Crippen molar-refractivity contribution >= 4 is 0 Å². The van der Waals surface area contributed by atoms with Crippen molar-refractivity contribution in [1.29, 1.82) is 0 Å². The van der Waals surface area contributed by atoms with E-state index in [4.69, 9.17) is 5.73 Å². The van der Waals surface area contributed by atoms with E-state index in [1.165, 1.54) is 25.7 Å². The van der Waals surface area contributed by atoms with Crippen LogP contribution in [0.15, 0.2) is 0 Å². The van der Waals surface area contributed by atoms with Gasteiger partial charge in [0.1, 0.15) is 0 Å².